The van der Waals surface area contributed by atoms with Gasteiger partial charge in [0.2, 0.25) is 0 Å². The Labute approximate surface area is 135 Å². The number of hydrogen-bond donors (Lipinski definition) is 1. The summed E-state index contributed by atoms with van der Waals surface area (Å²) >= 11 is 9.65. The molecule has 0 aliphatic rings. The van der Waals surface area contributed by atoms with Crippen molar-refractivity contribution >= 4 is 33.2 Å². The molecule has 1 atom stereocenters. The Hall–Kier alpha value is -1.72. The van der Waals surface area contributed by atoms with Crippen LogP contribution in [0.25, 0.3) is 0 Å². The number of rotatable bonds is 4. The molecule has 108 valence electrons. The SMILES string of the molecule is Cn1ccnc1C(Nc1cccc(Cl)c1Br)c1ccco1. The molecule has 0 fully saturated rings. The van der Waals surface area contributed by atoms with Crippen LogP contribution in [0.4, 0.5) is 5.69 Å². The summed E-state index contributed by atoms with van der Waals surface area (Å²) in [5.41, 5.74) is 0.881. The summed E-state index contributed by atoms with van der Waals surface area (Å²) in [6, 6.07) is 9.27. The van der Waals surface area contributed by atoms with E-state index in [9.17, 15) is 0 Å². The van der Waals surface area contributed by atoms with E-state index in [2.05, 4.69) is 26.2 Å². The van der Waals surface area contributed by atoms with Crippen LogP contribution in [0, 0.1) is 0 Å². The van der Waals surface area contributed by atoms with Gasteiger partial charge in [-0.2, -0.15) is 0 Å². The van der Waals surface area contributed by atoms with Crippen LogP contribution < -0.4 is 5.32 Å². The van der Waals surface area contributed by atoms with Crippen molar-refractivity contribution in [1.29, 1.82) is 0 Å². The molecule has 3 aromatic rings. The molecule has 0 saturated carbocycles. The van der Waals surface area contributed by atoms with E-state index >= 15 is 0 Å². The highest BCUT2D eigenvalue weighted by atomic mass is 79.9. The quantitative estimate of drug-likeness (QED) is 0.732. The Morgan fingerprint density at radius 3 is 2.86 bits per heavy atom. The van der Waals surface area contributed by atoms with Gasteiger partial charge in [-0.05, 0) is 40.2 Å². The van der Waals surface area contributed by atoms with Crippen molar-refractivity contribution in [2.24, 2.45) is 7.05 Å². The number of aromatic nitrogens is 2. The maximum Gasteiger partial charge on any atom is 0.143 e. The van der Waals surface area contributed by atoms with E-state index in [4.69, 9.17) is 16.0 Å². The molecule has 0 amide bonds. The third-order valence-corrected chi connectivity index (χ3v) is 4.59. The molecule has 0 spiro atoms. The van der Waals surface area contributed by atoms with Crippen LogP contribution in [0.3, 0.4) is 0 Å². The summed E-state index contributed by atoms with van der Waals surface area (Å²) in [6.45, 7) is 0. The van der Waals surface area contributed by atoms with Gasteiger partial charge < -0.3 is 14.3 Å². The van der Waals surface area contributed by atoms with Crippen LogP contribution in [0.15, 0.2) is 57.9 Å². The molecule has 1 unspecified atom stereocenters. The van der Waals surface area contributed by atoms with Gasteiger partial charge in [0.15, 0.2) is 0 Å². The number of imidazole rings is 1. The molecule has 1 N–H and O–H groups in total. The van der Waals surface area contributed by atoms with Crippen molar-refractivity contribution in [3.05, 3.63) is 70.1 Å². The number of anilines is 1. The number of halogens is 2. The number of benzene rings is 1. The smallest absolute Gasteiger partial charge is 0.143 e. The van der Waals surface area contributed by atoms with E-state index in [1.54, 1.807) is 12.5 Å². The molecule has 0 aliphatic carbocycles. The minimum atomic E-state index is -0.199. The largest absolute Gasteiger partial charge is 0.467 e. The predicted octanol–water partition coefficient (Wildman–Crippen LogP) is 4.63. The van der Waals surface area contributed by atoms with Gasteiger partial charge in [-0.1, -0.05) is 17.7 Å². The van der Waals surface area contributed by atoms with Crippen molar-refractivity contribution in [2.75, 3.05) is 5.32 Å². The second-order valence-electron chi connectivity index (χ2n) is 4.59. The first kappa shape index (κ1) is 14.2. The third kappa shape index (κ3) is 2.84. The van der Waals surface area contributed by atoms with Crippen molar-refractivity contribution in [2.45, 2.75) is 6.04 Å². The fourth-order valence-electron chi connectivity index (χ4n) is 2.14. The highest BCUT2D eigenvalue weighted by molar-refractivity contribution is 9.10. The van der Waals surface area contributed by atoms with E-state index in [0.717, 1.165) is 21.7 Å². The average Bonchev–Trinajstić information content (AvgIpc) is 3.12. The lowest BCUT2D eigenvalue weighted by Gasteiger charge is -2.19. The summed E-state index contributed by atoms with van der Waals surface area (Å²) in [4.78, 5) is 4.41. The zero-order valence-corrected chi connectivity index (χ0v) is 13.6. The lowest BCUT2D eigenvalue weighted by atomic mass is 10.2. The average molecular weight is 367 g/mol. The van der Waals surface area contributed by atoms with E-state index in [0.29, 0.717) is 5.02 Å². The molecule has 0 aliphatic heterocycles. The first-order valence-corrected chi connectivity index (χ1v) is 7.55. The standard InChI is InChI=1S/C15H13BrClN3O/c1-20-8-7-18-15(20)14(12-6-3-9-21-12)19-11-5-2-4-10(17)13(11)16/h2-9,14,19H,1H3. The number of nitrogens with zero attached hydrogens (tertiary/aromatic N) is 2. The lowest BCUT2D eigenvalue weighted by molar-refractivity contribution is 0.488. The molecule has 2 heterocycles. The molecule has 0 bridgehead atoms. The monoisotopic (exact) mass is 365 g/mol. The van der Waals surface area contributed by atoms with Gasteiger partial charge in [0, 0.05) is 19.4 Å². The maximum absolute atomic E-state index is 6.15. The van der Waals surface area contributed by atoms with Crippen molar-refractivity contribution in [3.8, 4) is 0 Å². The van der Waals surface area contributed by atoms with Crippen molar-refractivity contribution in [3.63, 3.8) is 0 Å². The molecular formula is C15H13BrClN3O. The van der Waals surface area contributed by atoms with E-state index in [1.165, 1.54) is 0 Å². The predicted molar refractivity (Wildman–Crippen MR) is 86.5 cm³/mol. The zero-order valence-electron chi connectivity index (χ0n) is 11.3. The molecule has 2 aromatic heterocycles. The maximum atomic E-state index is 6.15. The number of furan rings is 1. The van der Waals surface area contributed by atoms with Crippen LogP contribution >= 0.6 is 27.5 Å². The first-order valence-electron chi connectivity index (χ1n) is 6.38. The minimum absolute atomic E-state index is 0.199. The van der Waals surface area contributed by atoms with Crippen molar-refractivity contribution in [1.82, 2.24) is 9.55 Å². The minimum Gasteiger partial charge on any atom is -0.467 e. The highest BCUT2D eigenvalue weighted by Gasteiger charge is 2.22. The second kappa shape index (κ2) is 5.95. The van der Waals surface area contributed by atoms with Gasteiger partial charge in [0.25, 0.3) is 0 Å². The van der Waals surface area contributed by atoms with Crippen molar-refractivity contribution < 1.29 is 4.42 Å². The Bertz CT molecular complexity index is 739. The zero-order chi connectivity index (χ0) is 14.8. The molecule has 4 nitrogen and oxygen atoms in total. The van der Waals surface area contributed by atoms with E-state index in [1.807, 2.05) is 48.1 Å². The van der Waals surface area contributed by atoms with Gasteiger partial charge in [0.1, 0.15) is 17.6 Å². The normalized spacial score (nSPS) is 12.3. The number of aryl methyl sites for hydroxylation is 1. The first-order chi connectivity index (χ1) is 10.2. The van der Waals surface area contributed by atoms with E-state index in [-0.39, 0.29) is 6.04 Å². The van der Waals surface area contributed by atoms with E-state index < -0.39 is 0 Å². The fraction of sp³-hybridized carbons (Fsp3) is 0.133. The van der Waals surface area contributed by atoms with Gasteiger partial charge in [-0.15, -0.1) is 0 Å². The molecule has 0 radical (unpaired) electrons. The van der Waals surface area contributed by atoms with Crippen LogP contribution in [-0.4, -0.2) is 9.55 Å². The molecule has 0 saturated heterocycles. The topological polar surface area (TPSA) is 43.0 Å². The summed E-state index contributed by atoms with van der Waals surface area (Å²) < 4.78 is 8.33. The van der Waals surface area contributed by atoms with Gasteiger partial charge in [0.05, 0.1) is 21.4 Å². The number of hydrogen-bond acceptors (Lipinski definition) is 3. The molecule has 21 heavy (non-hydrogen) atoms. The second-order valence-corrected chi connectivity index (χ2v) is 5.79. The number of nitrogens with one attached hydrogen (secondary N) is 1. The lowest BCUT2D eigenvalue weighted by Crippen LogP contribution is -2.16. The van der Waals surface area contributed by atoms with Crippen LogP contribution in [0.2, 0.25) is 5.02 Å². The molecule has 3 rings (SSSR count). The summed E-state index contributed by atoms with van der Waals surface area (Å²) in [7, 11) is 1.95. The highest BCUT2D eigenvalue weighted by Crippen LogP contribution is 2.34. The van der Waals surface area contributed by atoms with Gasteiger partial charge in [-0.3, -0.25) is 0 Å². The molecule has 1 aromatic carbocycles. The Balaban J connectivity index is 2.01. The van der Waals surface area contributed by atoms with Crippen LogP contribution in [-0.2, 0) is 7.05 Å². The molecular weight excluding hydrogens is 354 g/mol. The van der Waals surface area contributed by atoms with Gasteiger partial charge >= 0.3 is 0 Å². The summed E-state index contributed by atoms with van der Waals surface area (Å²) in [5, 5.41) is 4.08. The Morgan fingerprint density at radius 2 is 2.19 bits per heavy atom. The Kier molecular flexibility index (Phi) is 4.03. The Morgan fingerprint density at radius 1 is 1.33 bits per heavy atom. The summed E-state index contributed by atoms with van der Waals surface area (Å²) in [6.07, 6.45) is 5.32. The van der Waals surface area contributed by atoms with Crippen LogP contribution in [0.1, 0.15) is 17.6 Å². The third-order valence-electron chi connectivity index (χ3n) is 3.20. The molecule has 6 heteroatoms. The van der Waals surface area contributed by atoms with Crippen LogP contribution in [0.5, 0.6) is 0 Å². The van der Waals surface area contributed by atoms with Gasteiger partial charge in [-0.25, -0.2) is 4.98 Å². The summed E-state index contributed by atoms with van der Waals surface area (Å²) in [5.74, 6) is 1.65. The fourth-order valence-corrected chi connectivity index (χ4v) is 2.70.